The Hall–Kier alpha value is -1.56. The molecule has 0 unspecified atom stereocenters. The van der Waals surface area contributed by atoms with Crippen molar-refractivity contribution in [3.63, 3.8) is 0 Å². The summed E-state index contributed by atoms with van der Waals surface area (Å²) in [6.07, 6.45) is 2.92. The first-order valence-electron chi connectivity index (χ1n) is 3.67. The van der Waals surface area contributed by atoms with Crippen molar-refractivity contribution < 1.29 is 4.79 Å². The van der Waals surface area contributed by atoms with Gasteiger partial charge < -0.3 is 4.79 Å². The summed E-state index contributed by atoms with van der Waals surface area (Å²) in [5.74, 6) is 5.60. The minimum absolute atomic E-state index is 0.286. The van der Waals surface area contributed by atoms with Crippen LogP contribution < -0.4 is 0 Å². The number of nitrogens with zero attached hydrogens (tertiary/aromatic N) is 2. The van der Waals surface area contributed by atoms with Crippen LogP contribution in [-0.2, 0) is 11.8 Å². The number of carbonyl (C=O) groups is 1. The highest BCUT2D eigenvalue weighted by Gasteiger charge is 1.97. The Morgan fingerprint density at radius 2 is 2.50 bits per heavy atom. The van der Waals surface area contributed by atoms with Crippen LogP contribution in [0.1, 0.15) is 17.7 Å². The second kappa shape index (κ2) is 3.72. The van der Waals surface area contributed by atoms with Gasteiger partial charge in [0.2, 0.25) is 0 Å². The van der Waals surface area contributed by atoms with Crippen LogP contribution in [0.5, 0.6) is 0 Å². The third-order valence-electron chi connectivity index (χ3n) is 1.42. The molecule has 1 aromatic heterocycles. The Morgan fingerprint density at radius 1 is 1.75 bits per heavy atom. The molecule has 0 aliphatic rings. The number of aromatic nitrogens is 2. The fourth-order valence-corrected chi connectivity index (χ4v) is 0.910. The fraction of sp³-hybridized carbons (Fsp3) is 0.333. The lowest BCUT2D eigenvalue weighted by molar-refractivity contribution is -0.107. The molecule has 0 aliphatic carbocycles. The maximum absolute atomic E-state index is 9.96. The van der Waals surface area contributed by atoms with Gasteiger partial charge in [0.05, 0.1) is 17.7 Å². The van der Waals surface area contributed by atoms with Gasteiger partial charge in [-0.15, -0.1) is 0 Å². The third kappa shape index (κ3) is 1.96. The van der Waals surface area contributed by atoms with Crippen molar-refractivity contribution in [1.82, 2.24) is 9.78 Å². The average Bonchev–Trinajstić information content (AvgIpc) is 2.31. The molecule has 62 valence electrons. The van der Waals surface area contributed by atoms with Crippen LogP contribution in [0, 0.1) is 18.8 Å². The summed E-state index contributed by atoms with van der Waals surface area (Å²) in [4.78, 5) is 9.96. The van der Waals surface area contributed by atoms with Gasteiger partial charge in [0.25, 0.3) is 0 Å². The van der Waals surface area contributed by atoms with Gasteiger partial charge in [0.1, 0.15) is 6.29 Å². The maximum atomic E-state index is 9.96. The van der Waals surface area contributed by atoms with E-state index in [2.05, 4.69) is 16.9 Å². The van der Waals surface area contributed by atoms with Gasteiger partial charge in [-0.2, -0.15) is 5.10 Å². The molecule has 0 N–H and O–H groups in total. The molecule has 0 saturated heterocycles. The molecular weight excluding hydrogens is 152 g/mol. The highest BCUT2D eigenvalue weighted by Crippen LogP contribution is 2.01. The molecule has 12 heavy (non-hydrogen) atoms. The van der Waals surface area contributed by atoms with Gasteiger partial charge in [0, 0.05) is 13.2 Å². The number of hydrogen-bond donors (Lipinski definition) is 0. The second-order valence-corrected chi connectivity index (χ2v) is 2.47. The van der Waals surface area contributed by atoms with E-state index >= 15 is 0 Å². The molecule has 0 atom stereocenters. The quantitative estimate of drug-likeness (QED) is 0.449. The van der Waals surface area contributed by atoms with Crippen LogP contribution in [-0.4, -0.2) is 16.1 Å². The Balaban J connectivity index is 2.83. The first-order chi connectivity index (χ1) is 5.74. The molecule has 0 amide bonds. The molecule has 0 radical (unpaired) electrons. The highest BCUT2D eigenvalue weighted by atomic mass is 16.1. The summed E-state index contributed by atoms with van der Waals surface area (Å²) < 4.78 is 1.71. The van der Waals surface area contributed by atoms with Gasteiger partial charge in [-0.05, 0) is 6.92 Å². The molecule has 0 saturated carbocycles. The molecule has 1 aromatic rings. The molecule has 0 fully saturated rings. The van der Waals surface area contributed by atoms with Gasteiger partial charge in [-0.25, -0.2) is 0 Å². The Morgan fingerprint density at radius 3 is 3.00 bits per heavy atom. The van der Waals surface area contributed by atoms with Crippen molar-refractivity contribution in [3.05, 3.63) is 17.5 Å². The molecular formula is C9H10N2O. The number of hydrogen-bond acceptors (Lipinski definition) is 2. The van der Waals surface area contributed by atoms with Gasteiger partial charge in [-0.1, -0.05) is 11.8 Å². The predicted molar refractivity (Wildman–Crippen MR) is 45.5 cm³/mol. The van der Waals surface area contributed by atoms with Gasteiger partial charge in [-0.3, -0.25) is 4.68 Å². The molecule has 0 spiro atoms. The second-order valence-electron chi connectivity index (χ2n) is 2.47. The average molecular weight is 162 g/mol. The number of rotatable bonds is 1. The topological polar surface area (TPSA) is 34.9 Å². The van der Waals surface area contributed by atoms with E-state index in [4.69, 9.17) is 0 Å². The predicted octanol–water partition coefficient (Wildman–Crippen LogP) is 0.669. The first-order valence-corrected chi connectivity index (χ1v) is 3.67. The standard InChI is InChI=1S/C9H10N2O/c1-8-9(5-3-4-6-12)7-11(2)10-8/h6-7H,4H2,1-2H3. The molecule has 1 heterocycles. The van der Waals surface area contributed by atoms with Crippen molar-refractivity contribution in [2.75, 3.05) is 0 Å². The van der Waals surface area contributed by atoms with Gasteiger partial charge in [0.15, 0.2) is 0 Å². The molecule has 1 rings (SSSR count). The summed E-state index contributed by atoms with van der Waals surface area (Å²) >= 11 is 0. The number of carbonyl (C=O) groups excluding carboxylic acids is 1. The van der Waals surface area contributed by atoms with E-state index in [1.165, 1.54) is 0 Å². The van der Waals surface area contributed by atoms with Crippen molar-refractivity contribution in [3.8, 4) is 11.8 Å². The van der Waals surface area contributed by atoms with Crippen molar-refractivity contribution in [2.24, 2.45) is 7.05 Å². The van der Waals surface area contributed by atoms with E-state index in [1.54, 1.807) is 4.68 Å². The lowest BCUT2D eigenvalue weighted by atomic mass is 10.2. The first kappa shape index (κ1) is 8.54. The highest BCUT2D eigenvalue weighted by molar-refractivity contribution is 5.55. The zero-order valence-electron chi connectivity index (χ0n) is 7.16. The molecule has 0 bridgehead atoms. The van der Waals surface area contributed by atoms with Crippen LogP contribution in [0.2, 0.25) is 0 Å². The van der Waals surface area contributed by atoms with E-state index < -0.39 is 0 Å². The SMILES string of the molecule is Cc1nn(C)cc1C#CCC=O. The summed E-state index contributed by atoms with van der Waals surface area (Å²) in [5, 5.41) is 4.12. The minimum atomic E-state index is 0.286. The zero-order chi connectivity index (χ0) is 8.97. The Labute approximate surface area is 71.4 Å². The fourth-order valence-electron chi connectivity index (χ4n) is 0.910. The molecule has 3 nitrogen and oxygen atoms in total. The van der Waals surface area contributed by atoms with E-state index in [0.29, 0.717) is 0 Å². The van der Waals surface area contributed by atoms with Crippen molar-refractivity contribution >= 4 is 6.29 Å². The van der Waals surface area contributed by atoms with Crippen LogP contribution in [0.15, 0.2) is 6.20 Å². The van der Waals surface area contributed by atoms with Gasteiger partial charge >= 0.3 is 0 Å². The van der Waals surface area contributed by atoms with E-state index in [1.807, 2.05) is 20.2 Å². The lowest BCUT2D eigenvalue weighted by Gasteiger charge is -1.79. The summed E-state index contributed by atoms with van der Waals surface area (Å²) in [5.41, 5.74) is 1.79. The third-order valence-corrected chi connectivity index (χ3v) is 1.42. The lowest BCUT2D eigenvalue weighted by Crippen LogP contribution is -1.86. The van der Waals surface area contributed by atoms with Crippen LogP contribution in [0.4, 0.5) is 0 Å². The molecule has 0 aliphatic heterocycles. The van der Waals surface area contributed by atoms with E-state index in [-0.39, 0.29) is 6.42 Å². The summed E-state index contributed by atoms with van der Waals surface area (Å²) in [6, 6.07) is 0. The summed E-state index contributed by atoms with van der Waals surface area (Å²) in [6.45, 7) is 1.89. The zero-order valence-corrected chi connectivity index (χ0v) is 7.16. The van der Waals surface area contributed by atoms with E-state index in [9.17, 15) is 4.79 Å². The van der Waals surface area contributed by atoms with Crippen LogP contribution in [0.25, 0.3) is 0 Å². The minimum Gasteiger partial charge on any atom is -0.302 e. The van der Waals surface area contributed by atoms with Crippen LogP contribution in [0.3, 0.4) is 0 Å². The molecule has 3 heteroatoms. The molecule has 0 aromatic carbocycles. The number of aryl methyl sites for hydroxylation is 2. The van der Waals surface area contributed by atoms with Crippen molar-refractivity contribution in [1.29, 1.82) is 0 Å². The van der Waals surface area contributed by atoms with Crippen molar-refractivity contribution in [2.45, 2.75) is 13.3 Å². The Bertz CT molecular complexity index is 341. The summed E-state index contributed by atoms with van der Waals surface area (Å²) in [7, 11) is 1.85. The number of aldehydes is 1. The normalized spacial score (nSPS) is 8.83. The van der Waals surface area contributed by atoms with E-state index in [0.717, 1.165) is 17.5 Å². The Kier molecular flexibility index (Phi) is 2.65. The largest absolute Gasteiger partial charge is 0.302 e. The maximum Gasteiger partial charge on any atom is 0.131 e. The monoisotopic (exact) mass is 162 g/mol. The van der Waals surface area contributed by atoms with Crippen LogP contribution >= 0.6 is 0 Å². The smallest absolute Gasteiger partial charge is 0.131 e.